The zero-order valence-corrected chi connectivity index (χ0v) is 13.4. The summed E-state index contributed by atoms with van der Waals surface area (Å²) in [5.41, 5.74) is 2.36. The molecule has 1 aromatic rings. The lowest BCUT2D eigenvalue weighted by atomic mass is 10.0. The summed E-state index contributed by atoms with van der Waals surface area (Å²) in [6.45, 7) is 7.46. The Bertz CT molecular complexity index is 347. The summed E-state index contributed by atoms with van der Waals surface area (Å²) in [4.78, 5) is 0. The van der Waals surface area contributed by atoms with Gasteiger partial charge >= 0.3 is 0 Å². The second-order valence-electron chi connectivity index (χ2n) is 5.74. The maximum absolute atomic E-state index is 10.4. The lowest BCUT2D eigenvalue weighted by Gasteiger charge is -2.21. The molecular formula is C18H31NO. The van der Waals surface area contributed by atoms with Gasteiger partial charge in [0.1, 0.15) is 0 Å². The van der Waals surface area contributed by atoms with E-state index < -0.39 is 6.10 Å². The van der Waals surface area contributed by atoms with Crippen molar-refractivity contribution in [2.75, 3.05) is 6.54 Å². The van der Waals surface area contributed by atoms with E-state index in [-0.39, 0.29) is 6.04 Å². The maximum atomic E-state index is 10.4. The van der Waals surface area contributed by atoms with E-state index in [4.69, 9.17) is 0 Å². The van der Waals surface area contributed by atoms with E-state index in [1.165, 1.54) is 31.2 Å². The van der Waals surface area contributed by atoms with Crippen molar-refractivity contribution in [1.29, 1.82) is 0 Å². The minimum absolute atomic E-state index is 0.105. The first-order valence-electron chi connectivity index (χ1n) is 8.19. The Kier molecular flexibility index (Phi) is 8.56. The van der Waals surface area contributed by atoms with Crippen LogP contribution in [-0.4, -0.2) is 17.7 Å². The van der Waals surface area contributed by atoms with Gasteiger partial charge in [0.05, 0.1) is 6.10 Å². The van der Waals surface area contributed by atoms with Gasteiger partial charge < -0.3 is 10.4 Å². The van der Waals surface area contributed by atoms with Gasteiger partial charge in [0, 0.05) is 6.04 Å². The number of aliphatic hydroxyl groups is 1. The predicted molar refractivity (Wildman–Crippen MR) is 87.0 cm³/mol. The molecule has 0 saturated heterocycles. The van der Waals surface area contributed by atoms with Crippen LogP contribution in [-0.2, 0) is 6.42 Å². The third-order valence-corrected chi connectivity index (χ3v) is 3.83. The largest absolute Gasteiger partial charge is 0.387 e. The van der Waals surface area contributed by atoms with Crippen LogP contribution in [0.1, 0.15) is 70.1 Å². The smallest absolute Gasteiger partial charge is 0.0940 e. The molecule has 0 bridgehead atoms. The molecule has 1 aromatic carbocycles. The molecule has 2 nitrogen and oxygen atoms in total. The van der Waals surface area contributed by atoms with Crippen LogP contribution in [0.2, 0.25) is 0 Å². The van der Waals surface area contributed by atoms with Crippen LogP contribution in [0.3, 0.4) is 0 Å². The summed E-state index contributed by atoms with van der Waals surface area (Å²) in [7, 11) is 0. The van der Waals surface area contributed by atoms with Crippen molar-refractivity contribution in [2.24, 2.45) is 0 Å². The molecule has 0 aromatic heterocycles. The number of nitrogens with one attached hydrogen (secondary N) is 1. The standard InChI is InChI=1S/C18H31NO/c1-4-6-7-8-14-19-15(3)18(20)17-12-10-16(9-5-2)11-13-17/h10-13,15,18-20H,4-9,14H2,1-3H3. The summed E-state index contributed by atoms with van der Waals surface area (Å²) in [6.07, 6.45) is 6.90. The van der Waals surface area contributed by atoms with Crippen molar-refractivity contribution in [3.8, 4) is 0 Å². The summed E-state index contributed by atoms with van der Waals surface area (Å²) in [6, 6.07) is 8.50. The van der Waals surface area contributed by atoms with Gasteiger partial charge in [0.25, 0.3) is 0 Å². The molecule has 2 atom stereocenters. The molecule has 0 aliphatic carbocycles. The van der Waals surface area contributed by atoms with Crippen LogP contribution < -0.4 is 5.32 Å². The molecule has 2 heteroatoms. The lowest BCUT2D eigenvalue weighted by Crippen LogP contribution is -2.32. The molecule has 0 aliphatic heterocycles. The zero-order chi connectivity index (χ0) is 14.8. The Morgan fingerprint density at radius 3 is 2.30 bits per heavy atom. The van der Waals surface area contributed by atoms with Gasteiger partial charge in [-0.05, 0) is 37.4 Å². The van der Waals surface area contributed by atoms with Crippen molar-refractivity contribution >= 4 is 0 Å². The molecule has 114 valence electrons. The zero-order valence-electron chi connectivity index (χ0n) is 13.4. The van der Waals surface area contributed by atoms with Crippen molar-refractivity contribution in [1.82, 2.24) is 5.32 Å². The van der Waals surface area contributed by atoms with Crippen LogP contribution >= 0.6 is 0 Å². The first kappa shape index (κ1) is 17.2. The van der Waals surface area contributed by atoms with Crippen molar-refractivity contribution in [2.45, 2.75) is 71.4 Å². The minimum Gasteiger partial charge on any atom is -0.387 e. The monoisotopic (exact) mass is 277 g/mol. The highest BCUT2D eigenvalue weighted by molar-refractivity contribution is 5.25. The van der Waals surface area contributed by atoms with Gasteiger partial charge in [-0.25, -0.2) is 0 Å². The van der Waals surface area contributed by atoms with Crippen LogP contribution in [0, 0.1) is 0 Å². The molecule has 0 aliphatic rings. The normalized spacial score (nSPS) is 14.2. The van der Waals surface area contributed by atoms with Crippen molar-refractivity contribution in [3.05, 3.63) is 35.4 Å². The maximum Gasteiger partial charge on any atom is 0.0940 e. The van der Waals surface area contributed by atoms with Crippen LogP contribution in [0.5, 0.6) is 0 Å². The first-order valence-corrected chi connectivity index (χ1v) is 8.19. The Labute approximate surface area is 124 Å². The Morgan fingerprint density at radius 1 is 1.00 bits per heavy atom. The highest BCUT2D eigenvalue weighted by atomic mass is 16.3. The fourth-order valence-corrected chi connectivity index (χ4v) is 2.45. The van der Waals surface area contributed by atoms with Gasteiger partial charge in [-0.1, -0.05) is 63.8 Å². The molecule has 0 saturated carbocycles. The molecule has 20 heavy (non-hydrogen) atoms. The number of aliphatic hydroxyl groups excluding tert-OH is 1. The first-order chi connectivity index (χ1) is 9.69. The molecule has 2 unspecified atom stereocenters. The van der Waals surface area contributed by atoms with E-state index in [0.29, 0.717) is 0 Å². The highest BCUT2D eigenvalue weighted by Gasteiger charge is 2.15. The van der Waals surface area contributed by atoms with E-state index in [2.05, 4.69) is 50.4 Å². The molecule has 0 radical (unpaired) electrons. The summed E-state index contributed by atoms with van der Waals surface area (Å²) in [5, 5.41) is 13.8. The molecular weight excluding hydrogens is 246 g/mol. The van der Waals surface area contributed by atoms with Gasteiger partial charge in [-0.15, -0.1) is 0 Å². The van der Waals surface area contributed by atoms with Gasteiger partial charge in [-0.3, -0.25) is 0 Å². The second-order valence-corrected chi connectivity index (χ2v) is 5.74. The Hall–Kier alpha value is -0.860. The molecule has 1 rings (SSSR count). The van der Waals surface area contributed by atoms with Gasteiger partial charge in [0.15, 0.2) is 0 Å². The second kappa shape index (κ2) is 9.95. The lowest BCUT2D eigenvalue weighted by molar-refractivity contribution is 0.136. The third-order valence-electron chi connectivity index (χ3n) is 3.83. The number of rotatable bonds is 10. The quantitative estimate of drug-likeness (QED) is 0.627. The highest BCUT2D eigenvalue weighted by Crippen LogP contribution is 2.18. The van der Waals surface area contributed by atoms with Gasteiger partial charge in [0.2, 0.25) is 0 Å². The van der Waals surface area contributed by atoms with Crippen LogP contribution in [0.4, 0.5) is 0 Å². The number of aryl methyl sites for hydroxylation is 1. The molecule has 0 amide bonds. The van der Waals surface area contributed by atoms with E-state index in [1.807, 2.05) is 0 Å². The topological polar surface area (TPSA) is 32.3 Å². The van der Waals surface area contributed by atoms with Crippen LogP contribution in [0.25, 0.3) is 0 Å². The van der Waals surface area contributed by atoms with Crippen LogP contribution in [0.15, 0.2) is 24.3 Å². The average Bonchev–Trinajstić information content (AvgIpc) is 2.47. The van der Waals surface area contributed by atoms with Crippen molar-refractivity contribution < 1.29 is 5.11 Å². The van der Waals surface area contributed by atoms with E-state index >= 15 is 0 Å². The van der Waals surface area contributed by atoms with Crippen molar-refractivity contribution in [3.63, 3.8) is 0 Å². The molecule has 2 N–H and O–H groups in total. The number of hydrogen-bond donors (Lipinski definition) is 2. The number of hydrogen-bond acceptors (Lipinski definition) is 2. The summed E-state index contributed by atoms with van der Waals surface area (Å²) in [5.74, 6) is 0. The predicted octanol–water partition coefficient (Wildman–Crippen LogP) is 4.23. The van der Waals surface area contributed by atoms with Gasteiger partial charge in [-0.2, -0.15) is 0 Å². The van der Waals surface area contributed by atoms with E-state index in [0.717, 1.165) is 24.9 Å². The summed E-state index contributed by atoms with van der Waals surface area (Å²) >= 11 is 0. The fourth-order valence-electron chi connectivity index (χ4n) is 2.45. The third kappa shape index (κ3) is 6.06. The number of benzene rings is 1. The summed E-state index contributed by atoms with van der Waals surface area (Å²) < 4.78 is 0. The Morgan fingerprint density at radius 2 is 1.70 bits per heavy atom. The molecule has 0 fully saturated rings. The Balaban J connectivity index is 2.37. The fraction of sp³-hybridized carbons (Fsp3) is 0.667. The minimum atomic E-state index is -0.420. The average molecular weight is 277 g/mol. The molecule has 0 heterocycles. The SMILES string of the molecule is CCCCCCNC(C)C(O)c1ccc(CCC)cc1. The van der Waals surface area contributed by atoms with E-state index in [9.17, 15) is 5.11 Å². The molecule has 0 spiro atoms. The number of unbranched alkanes of at least 4 members (excludes halogenated alkanes) is 3. The van der Waals surface area contributed by atoms with E-state index in [1.54, 1.807) is 0 Å².